The van der Waals surface area contributed by atoms with Gasteiger partial charge in [-0.15, -0.1) is 0 Å². The summed E-state index contributed by atoms with van der Waals surface area (Å²) in [6, 6.07) is 17.1. The van der Waals surface area contributed by atoms with Crippen LogP contribution in [-0.2, 0) is 4.79 Å². The van der Waals surface area contributed by atoms with Gasteiger partial charge in [0.2, 0.25) is 0 Å². The second-order valence-electron chi connectivity index (χ2n) is 5.69. The van der Waals surface area contributed by atoms with E-state index in [9.17, 15) is 4.79 Å². The summed E-state index contributed by atoms with van der Waals surface area (Å²) in [6.07, 6.45) is -0.133. The number of para-hydroxylation sites is 1. The summed E-state index contributed by atoms with van der Waals surface area (Å²) in [5, 5.41) is 12.1. The Hall–Kier alpha value is -2.85. The fraction of sp³-hybridized carbons (Fsp3) is 0.105. The van der Waals surface area contributed by atoms with E-state index in [2.05, 4.69) is 6.07 Å². The molecule has 4 rings (SSSR count). The van der Waals surface area contributed by atoms with Crippen molar-refractivity contribution in [1.82, 2.24) is 0 Å². The lowest BCUT2D eigenvalue weighted by atomic mass is 10.0. The van der Waals surface area contributed by atoms with Crippen molar-refractivity contribution in [3.63, 3.8) is 0 Å². The Bertz CT molecular complexity index is 1000. The molecule has 23 heavy (non-hydrogen) atoms. The van der Waals surface area contributed by atoms with Gasteiger partial charge in [-0.25, -0.2) is 0 Å². The maximum atomic E-state index is 11.1. The number of hydrogen-bond acceptors (Lipinski definition) is 3. The van der Waals surface area contributed by atoms with Crippen LogP contribution >= 0.6 is 0 Å². The van der Waals surface area contributed by atoms with Crippen LogP contribution in [0.3, 0.4) is 0 Å². The summed E-state index contributed by atoms with van der Waals surface area (Å²) in [7, 11) is 0. The van der Waals surface area contributed by atoms with Crippen molar-refractivity contribution >= 4 is 27.7 Å². The summed E-state index contributed by atoms with van der Waals surface area (Å²) in [6.45, 7) is 0. The normalized spacial score (nSPS) is 12.9. The molecule has 2 aliphatic rings. The summed E-state index contributed by atoms with van der Waals surface area (Å²) in [5.41, 5.74) is 8.67. The van der Waals surface area contributed by atoms with Crippen LogP contribution in [0.2, 0.25) is 0 Å². The average molecular weight is 305 g/mol. The number of nitrogens with two attached hydrogens (primary N) is 1. The fourth-order valence-electron chi connectivity index (χ4n) is 3.21. The molecule has 1 heterocycles. The Labute approximate surface area is 132 Å². The number of benzene rings is 2. The molecule has 2 aromatic rings. The lowest BCUT2D eigenvalue weighted by Crippen LogP contribution is -2.15. The van der Waals surface area contributed by atoms with Crippen LogP contribution in [0, 0.1) is 0 Å². The molecule has 1 aliphatic heterocycles. The zero-order valence-corrected chi connectivity index (χ0v) is 12.3. The first-order valence-corrected chi connectivity index (χ1v) is 7.45. The Morgan fingerprint density at radius 1 is 1.09 bits per heavy atom. The van der Waals surface area contributed by atoms with Crippen LogP contribution < -0.4 is 5.73 Å². The van der Waals surface area contributed by atoms with E-state index >= 15 is 0 Å². The Morgan fingerprint density at radius 2 is 1.78 bits per heavy atom. The number of carboxylic acid groups (broad SMARTS) is 1. The van der Waals surface area contributed by atoms with E-state index in [1.807, 2.05) is 48.5 Å². The van der Waals surface area contributed by atoms with Gasteiger partial charge in [-0.2, -0.15) is 0 Å². The standard InChI is InChI=1S/C19H15NO3/c20-15(10-17(21)22)18-13-7-3-2-6-12(13)14-9-11-5-1-4-8-16(11)23-19(14)18/h1-9,15H,10,20H2,(H,21,22). The molecule has 1 unspecified atom stereocenters. The predicted molar refractivity (Wildman–Crippen MR) is 89.5 cm³/mol. The Balaban J connectivity index is 2.09. The van der Waals surface area contributed by atoms with Gasteiger partial charge in [0.25, 0.3) is 0 Å². The Kier molecular flexibility index (Phi) is 3.06. The van der Waals surface area contributed by atoms with Gasteiger partial charge in [-0.05, 0) is 22.9 Å². The maximum absolute atomic E-state index is 11.1. The van der Waals surface area contributed by atoms with E-state index in [4.69, 9.17) is 15.3 Å². The van der Waals surface area contributed by atoms with E-state index in [1.54, 1.807) is 0 Å². The van der Waals surface area contributed by atoms with Gasteiger partial charge in [-0.1, -0.05) is 42.5 Å². The topological polar surface area (TPSA) is 76.5 Å². The van der Waals surface area contributed by atoms with Crippen molar-refractivity contribution in [3.05, 3.63) is 60.2 Å². The molecule has 4 nitrogen and oxygen atoms in total. The predicted octanol–water partition coefficient (Wildman–Crippen LogP) is 4.17. The molecule has 2 aromatic carbocycles. The molecule has 1 atom stereocenters. The van der Waals surface area contributed by atoms with Crippen molar-refractivity contribution in [2.24, 2.45) is 5.73 Å². The highest BCUT2D eigenvalue weighted by Gasteiger charge is 2.26. The monoisotopic (exact) mass is 305 g/mol. The third kappa shape index (κ3) is 2.15. The molecule has 0 bridgehead atoms. The number of aliphatic carboxylic acids is 1. The van der Waals surface area contributed by atoms with Crippen LogP contribution in [0.4, 0.5) is 0 Å². The summed E-state index contributed by atoms with van der Waals surface area (Å²) < 4.78 is 6.09. The van der Waals surface area contributed by atoms with E-state index in [0.717, 1.165) is 32.9 Å². The zero-order valence-electron chi connectivity index (χ0n) is 12.3. The van der Waals surface area contributed by atoms with Crippen molar-refractivity contribution in [2.45, 2.75) is 12.5 Å². The van der Waals surface area contributed by atoms with E-state index < -0.39 is 12.0 Å². The van der Waals surface area contributed by atoms with Gasteiger partial charge >= 0.3 is 5.97 Å². The highest BCUT2D eigenvalue weighted by Crippen LogP contribution is 2.44. The van der Waals surface area contributed by atoms with Gasteiger partial charge in [0.15, 0.2) is 0 Å². The lowest BCUT2D eigenvalue weighted by molar-refractivity contribution is -0.137. The maximum Gasteiger partial charge on any atom is 0.305 e. The fourth-order valence-corrected chi connectivity index (χ4v) is 3.21. The number of carboxylic acids is 1. The minimum absolute atomic E-state index is 0.133. The minimum Gasteiger partial charge on any atom is -0.481 e. The second-order valence-corrected chi connectivity index (χ2v) is 5.69. The minimum atomic E-state index is -0.920. The van der Waals surface area contributed by atoms with E-state index in [0.29, 0.717) is 5.76 Å². The van der Waals surface area contributed by atoms with Crippen LogP contribution in [0.5, 0.6) is 0 Å². The molecule has 0 aromatic heterocycles. The third-order valence-electron chi connectivity index (χ3n) is 4.19. The molecule has 0 radical (unpaired) electrons. The first kappa shape index (κ1) is 13.8. The summed E-state index contributed by atoms with van der Waals surface area (Å²) in [4.78, 5) is 11.1. The van der Waals surface area contributed by atoms with Gasteiger partial charge in [0, 0.05) is 22.6 Å². The first-order valence-electron chi connectivity index (χ1n) is 7.45. The molecule has 0 saturated carbocycles. The highest BCUT2D eigenvalue weighted by molar-refractivity contribution is 6.06. The van der Waals surface area contributed by atoms with Crippen LogP contribution in [0.25, 0.3) is 33.1 Å². The molecular formula is C19H15NO3. The van der Waals surface area contributed by atoms with Crippen molar-refractivity contribution < 1.29 is 14.3 Å². The van der Waals surface area contributed by atoms with Crippen molar-refractivity contribution in [1.29, 1.82) is 0 Å². The molecule has 4 heteroatoms. The van der Waals surface area contributed by atoms with Gasteiger partial charge < -0.3 is 15.3 Å². The second kappa shape index (κ2) is 5.11. The van der Waals surface area contributed by atoms with Crippen molar-refractivity contribution in [3.8, 4) is 11.3 Å². The van der Waals surface area contributed by atoms with Crippen LogP contribution in [0.1, 0.15) is 18.0 Å². The highest BCUT2D eigenvalue weighted by atomic mass is 16.4. The van der Waals surface area contributed by atoms with E-state index in [1.165, 1.54) is 0 Å². The average Bonchev–Trinajstić information content (AvgIpc) is 2.85. The molecule has 0 fully saturated rings. The quantitative estimate of drug-likeness (QED) is 0.595. The molecule has 0 amide bonds. The number of fused-ring (bicyclic) bond motifs is 4. The van der Waals surface area contributed by atoms with Crippen LogP contribution in [0.15, 0.2) is 59.0 Å². The third-order valence-corrected chi connectivity index (χ3v) is 4.19. The summed E-state index contributed by atoms with van der Waals surface area (Å²) in [5.74, 6) is -0.240. The SMILES string of the molecule is NC(CC(=O)O)c1c2oc3ccccc3cc-2c2ccccc12. The van der Waals surface area contributed by atoms with E-state index in [-0.39, 0.29) is 6.42 Å². The molecule has 3 N–H and O–H groups in total. The molecule has 114 valence electrons. The smallest absolute Gasteiger partial charge is 0.305 e. The summed E-state index contributed by atoms with van der Waals surface area (Å²) >= 11 is 0. The zero-order chi connectivity index (χ0) is 16.0. The van der Waals surface area contributed by atoms with Crippen LogP contribution in [-0.4, -0.2) is 11.1 Å². The largest absolute Gasteiger partial charge is 0.481 e. The van der Waals surface area contributed by atoms with Gasteiger partial charge in [0.1, 0.15) is 11.3 Å². The van der Waals surface area contributed by atoms with Gasteiger partial charge in [0.05, 0.1) is 6.42 Å². The molecule has 1 aliphatic carbocycles. The number of rotatable bonds is 3. The van der Waals surface area contributed by atoms with Crippen molar-refractivity contribution in [2.75, 3.05) is 0 Å². The molecule has 0 saturated heterocycles. The molecular weight excluding hydrogens is 290 g/mol. The Morgan fingerprint density at radius 3 is 2.57 bits per heavy atom. The lowest BCUT2D eigenvalue weighted by Gasteiger charge is -2.11. The molecule has 0 spiro atoms. The number of hydrogen-bond donors (Lipinski definition) is 2. The first-order chi connectivity index (χ1) is 11.1. The number of carbonyl (C=O) groups is 1. The van der Waals surface area contributed by atoms with Gasteiger partial charge in [-0.3, -0.25) is 4.79 Å².